The van der Waals surface area contributed by atoms with Crippen molar-refractivity contribution in [2.75, 3.05) is 13.2 Å². The molecular weight excluding hydrogens is 511 g/mol. The molecule has 9 nitrogen and oxygen atoms in total. The van der Waals surface area contributed by atoms with Crippen molar-refractivity contribution < 1.29 is 34.1 Å². The molecule has 188 valence electrons. The summed E-state index contributed by atoms with van der Waals surface area (Å²) in [6.45, 7) is 2.82. The van der Waals surface area contributed by atoms with Gasteiger partial charge in [0, 0.05) is 11.4 Å². The number of rotatable bonds is 8. The maximum Gasteiger partial charge on any atom is 0.336 e. The van der Waals surface area contributed by atoms with E-state index in [0.29, 0.717) is 17.0 Å². The smallest absolute Gasteiger partial charge is 0.336 e. The van der Waals surface area contributed by atoms with E-state index in [1.807, 2.05) is 0 Å². The Hall–Kier alpha value is -3.82. The standard InChI is InChI=1S/C25H22Cl2N2O7/c1-12-18(24(33)34)20(16-8-5-9-17(26)21(16)27)19(13(2)29-12)25(35)36-11-10-28-22(30)14-6-3-4-7-15(14)23(31)32/h3-9,20,29H,10-11H2,1-2H3,(H,28,30)(H,31,32)(H,33,34)/t20-/m1/s1. The Bertz CT molecular complexity index is 1320. The predicted octanol–water partition coefficient (Wildman–Crippen LogP) is 3.98. The Labute approximate surface area is 216 Å². The lowest BCUT2D eigenvalue weighted by atomic mass is 9.80. The van der Waals surface area contributed by atoms with Crippen LogP contribution in [0.1, 0.15) is 46.0 Å². The van der Waals surface area contributed by atoms with Gasteiger partial charge in [-0.15, -0.1) is 0 Å². The molecule has 1 aliphatic heterocycles. The van der Waals surface area contributed by atoms with Crippen molar-refractivity contribution in [3.8, 4) is 0 Å². The van der Waals surface area contributed by atoms with Crippen molar-refractivity contribution >= 4 is 47.0 Å². The summed E-state index contributed by atoms with van der Waals surface area (Å²) in [7, 11) is 0. The zero-order chi connectivity index (χ0) is 26.6. The lowest BCUT2D eigenvalue weighted by Gasteiger charge is -2.30. The number of allylic oxidation sites excluding steroid dienone is 2. The molecule has 0 fully saturated rings. The summed E-state index contributed by atoms with van der Waals surface area (Å²) in [5, 5.41) is 24.8. The van der Waals surface area contributed by atoms with E-state index in [1.165, 1.54) is 24.3 Å². The minimum Gasteiger partial charge on any atom is -0.478 e. The van der Waals surface area contributed by atoms with E-state index in [-0.39, 0.29) is 45.5 Å². The number of carbonyl (C=O) groups is 4. The lowest BCUT2D eigenvalue weighted by molar-refractivity contribution is -0.139. The maximum absolute atomic E-state index is 13.1. The van der Waals surface area contributed by atoms with Crippen molar-refractivity contribution in [3.63, 3.8) is 0 Å². The first kappa shape index (κ1) is 26.8. The van der Waals surface area contributed by atoms with E-state index in [9.17, 15) is 29.4 Å². The summed E-state index contributed by atoms with van der Waals surface area (Å²) in [4.78, 5) is 49.0. The molecule has 0 unspecified atom stereocenters. The van der Waals surface area contributed by atoms with Gasteiger partial charge in [-0.25, -0.2) is 14.4 Å². The monoisotopic (exact) mass is 532 g/mol. The molecule has 0 radical (unpaired) electrons. The summed E-state index contributed by atoms with van der Waals surface area (Å²) in [6, 6.07) is 10.4. The van der Waals surface area contributed by atoms with E-state index in [1.54, 1.807) is 32.0 Å². The molecule has 0 aromatic heterocycles. The van der Waals surface area contributed by atoms with E-state index < -0.39 is 29.7 Å². The third kappa shape index (κ3) is 5.53. The van der Waals surface area contributed by atoms with E-state index in [4.69, 9.17) is 27.9 Å². The number of hydrogen-bond donors (Lipinski definition) is 4. The number of aliphatic carboxylic acids is 1. The largest absolute Gasteiger partial charge is 0.478 e. The number of hydrogen-bond acceptors (Lipinski definition) is 6. The van der Waals surface area contributed by atoms with Crippen molar-refractivity contribution in [3.05, 3.63) is 91.7 Å². The molecule has 36 heavy (non-hydrogen) atoms. The molecule has 1 aliphatic rings. The predicted molar refractivity (Wildman–Crippen MR) is 132 cm³/mol. The molecule has 0 saturated carbocycles. The van der Waals surface area contributed by atoms with Crippen LogP contribution in [0.4, 0.5) is 0 Å². The van der Waals surface area contributed by atoms with Crippen LogP contribution in [-0.4, -0.2) is 47.2 Å². The highest BCUT2D eigenvalue weighted by atomic mass is 35.5. The lowest BCUT2D eigenvalue weighted by Crippen LogP contribution is -2.33. The second-order valence-corrected chi connectivity index (χ2v) is 8.61. The molecule has 1 heterocycles. The molecule has 4 N–H and O–H groups in total. The average Bonchev–Trinajstić information content (AvgIpc) is 2.82. The number of nitrogens with one attached hydrogen (secondary N) is 2. The number of dihydropyridines is 1. The first-order chi connectivity index (χ1) is 17.0. The van der Waals surface area contributed by atoms with Gasteiger partial charge in [0.2, 0.25) is 0 Å². The third-order valence-corrected chi connectivity index (χ3v) is 6.36. The highest BCUT2D eigenvalue weighted by molar-refractivity contribution is 6.42. The SMILES string of the molecule is CC1=C(C(=O)O)[C@@H](c2cccc(Cl)c2Cl)C(C(=O)OCCNC(=O)c2ccccc2C(=O)O)=C(C)N1. The number of amides is 1. The van der Waals surface area contributed by atoms with Crippen LogP contribution in [0.25, 0.3) is 0 Å². The number of carbonyl (C=O) groups excluding carboxylic acids is 2. The third-order valence-electron chi connectivity index (χ3n) is 5.53. The Kier molecular flexibility index (Phi) is 8.39. The van der Waals surface area contributed by atoms with Crippen LogP contribution < -0.4 is 10.6 Å². The van der Waals surface area contributed by atoms with Crippen LogP contribution in [0.15, 0.2) is 65.0 Å². The molecule has 1 atom stereocenters. The second-order valence-electron chi connectivity index (χ2n) is 7.83. The van der Waals surface area contributed by atoms with Crippen LogP contribution in [0, 0.1) is 0 Å². The van der Waals surface area contributed by atoms with Gasteiger partial charge in [-0.3, -0.25) is 4.79 Å². The van der Waals surface area contributed by atoms with Gasteiger partial charge < -0.3 is 25.6 Å². The number of carboxylic acids is 2. The zero-order valence-electron chi connectivity index (χ0n) is 19.2. The van der Waals surface area contributed by atoms with Gasteiger partial charge in [0.15, 0.2) is 0 Å². The van der Waals surface area contributed by atoms with Gasteiger partial charge in [0.05, 0.1) is 44.8 Å². The molecule has 1 amide bonds. The van der Waals surface area contributed by atoms with Crippen LogP contribution >= 0.6 is 23.2 Å². The highest BCUT2D eigenvalue weighted by Crippen LogP contribution is 2.43. The fourth-order valence-corrected chi connectivity index (χ4v) is 4.37. The van der Waals surface area contributed by atoms with Crippen LogP contribution in [0.5, 0.6) is 0 Å². The molecule has 2 aromatic carbocycles. The minimum absolute atomic E-state index is 0.0321. The number of ether oxygens (including phenoxy) is 1. The number of benzene rings is 2. The topological polar surface area (TPSA) is 142 Å². The van der Waals surface area contributed by atoms with Crippen molar-refractivity contribution in [2.45, 2.75) is 19.8 Å². The minimum atomic E-state index is -1.25. The Morgan fingerprint density at radius 3 is 2.19 bits per heavy atom. The normalized spacial score (nSPS) is 15.3. The molecule has 3 rings (SSSR count). The molecule has 0 spiro atoms. The first-order valence-electron chi connectivity index (χ1n) is 10.7. The Morgan fingerprint density at radius 2 is 1.56 bits per heavy atom. The fraction of sp³-hybridized carbons (Fsp3) is 0.200. The van der Waals surface area contributed by atoms with E-state index in [2.05, 4.69) is 10.6 Å². The number of aromatic carboxylic acids is 1. The van der Waals surface area contributed by atoms with E-state index >= 15 is 0 Å². The first-order valence-corrected chi connectivity index (χ1v) is 11.4. The molecule has 0 aliphatic carbocycles. The van der Waals surface area contributed by atoms with Gasteiger partial charge in [-0.1, -0.05) is 47.5 Å². The van der Waals surface area contributed by atoms with Crippen LogP contribution in [0.3, 0.4) is 0 Å². The van der Waals surface area contributed by atoms with Crippen LogP contribution in [0.2, 0.25) is 10.0 Å². The zero-order valence-corrected chi connectivity index (χ0v) is 20.7. The summed E-state index contributed by atoms with van der Waals surface area (Å²) >= 11 is 12.5. The number of esters is 1. The molecule has 0 bridgehead atoms. The second kappa shape index (κ2) is 11.3. The van der Waals surface area contributed by atoms with Crippen molar-refractivity contribution in [1.82, 2.24) is 10.6 Å². The van der Waals surface area contributed by atoms with Crippen molar-refractivity contribution in [2.24, 2.45) is 0 Å². The van der Waals surface area contributed by atoms with Crippen molar-refractivity contribution in [1.29, 1.82) is 0 Å². The van der Waals surface area contributed by atoms with Gasteiger partial charge in [-0.2, -0.15) is 0 Å². The number of carboxylic acid groups (broad SMARTS) is 2. The average molecular weight is 533 g/mol. The maximum atomic E-state index is 13.1. The summed E-state index contributed by atoms with van der Waals surface area (Å²) in [6.07, 6.45) is 0. The van der Waals surface area contributed by atoms with Crippen LogP contribution in [-0.2, 0) is 14.3 Å². The van der Waals surface area contributed by atoms with Gasteiger partial charge in [0.25, 0.3) is 5.91 Å². The Morgan fingerprint density at radius 1 is 0.917 bits per heavy atom. The summed E-state index contributed by atoms with van der Waals surface area (Å²) in [5.41, 5.74) is 0.789. The fourth-order valence-electron chi connectivity index (χ4n) is 3.95. The molecule has 11 heteroatoms. The quantitative estimate of drug-likeness (QED) is 0.295. The molecular formula is C25H22Cl2N2O7. The summed E-state index contributed by atoms with van der Waals surface area (Å²) in [5.74, 6) is -5.01. The van der Waals surface area contributed by atoms with Gasteiger partial charge >= 0.3 is 17.9 Å². The molecule has 0 saturated heterocycles. The summed E-state index contributed by atoms with van der Waals surface area (Å²) < 4.78 is 5.34. The van der Waals surface area contributed by atoms with Gasteiger partial charge in [0.1, 0.15) is 6.61 Å². The number of halogens is 2. The Balaban J connectivity index is 1.79. The van der Waals surface area contributed by atoms with Gasteiger partial charge in [-0.05, 0) is 37.6 Å². The van der Waals surface area contributed by atoms with E-state index in [0.717, 1.165) is 0 Å². The highest BCUT2D eigenvalue weighted by Gasteiger charge is 2.38. The molecule has 2 aromatic rings.